The molecule has 0 aromatic heterocycles. The molecule has 0 radical (unpaired) electrons. The zero-order chi connectivity index (χ0) is 17.4. The van der Waals surface area contributed by atoms with Gasteiger partial charge in [-0.2, -0.15) is 0 Å². The Kier molecular flexibility index (Phi) is 7.25. The maximum absolute atomic E-state index is 12.1. The largest absolute Gasteiger partial charge is 0.481 e. The molecule has 3 N–H and O–H groups in total. The SMILES string of the molecule is Cc1ccc(NC(=O)CCCCC(=O)O)cc1C(=O)NC(C)C. The van der Waals surface area contributed by atoms with Crippen LogP contribution in [-0.4, -0.2) is 28.9 Å². The van der Waals surface area contributed by atoms with Gasteiger partial charge in [0.15, 0.2) is 0 Å². The summed E-state index contributed by atoms with van der Waals surface area (Å²) in [7, 11) is 0. The van der Waals surface area contributed by atoms with Gasteiger partial charge < -0.3 is 15.7 Å². The quantitative estimate of drug-likeness (QED) is 0.642. The molecule has 6 nitrogen and oxygen atoms in total. The van der Waals surface area contributed by atoms with E-state index in [4.69, 9.17) is 5.11 Å². The number of aryl methyl sites for hydroxylation is 1. The van der Waals surface area contributed by atoms with Gasteiger partial charge in [-0.25, -0.2) is 0 Å². The lowest BCUT2D eigenvalue weighted by molar-refractivity contribution is -0.137. The van der Waals surface area contributed by atoms with Gasteiger partial charge in [-0.15, -0.1) is 0 Å². The number of benzene rings is 1. The van der Waals surface area contributed by atoms with Crippen LogP contribution in [0, 0.1) is 6.92 Å². The van der Waals surface area contributed by atoms with Gasteiger partial charge in [-0.3, -0.25) is 14.4 Å². The standard InChI is InChI=1S/C17H24N2O4/c1-11(2)18-17(23)14-10-13(9-8-12(14)3)19-15(20)6-4-5-7-16(21)22/h8-11H,4-7H2,1-3H3,(H,18,23)(H,19,20)(H,21,22). The van der Waals surface area contributed by atoms with Crippen LogP contribution in [0.5, 0.6) is 0 Å². The fraction of sp³-hybridized carbons (Fsp3) is 0.471. The monoisotopic (exact) mass is 320 g/mol. The minimum absolute atomic E-state index is 0.0365. The lowest BCUT2D eigenvalue weighted by Gasteiger charge is -2.12. The Labute approximate surface area is 136 Å². The predicted molar refractivity (Wildman–Crippen MR) is 88.5 cm³/mol. The molecule has 0 spiro atoms. The minimum atomic E-state index is -0.857. The molecular formula is C17H24N2O4. The van der Waals surface area contributed by atoms with Crippen molar-refractivity contribution >= 4 is 23.5 Å². The highest BCUT2D eigenvalue weighted by Gasteiger charge is 2.12. The first-order valence-corrected chi connectivity index (χ1v) is 7.72. The number of carboxylic acid groups (broad SMARTS) is 1. The molecule has 0 atom stereocenters. The zero-order valence-electron chi connectivity index (χ0n) is 13.8. The van der Waals surface area contributed by atoms with Crippen molar-refractivity contribution in [2.24, 2.45) is 0 Å². The van der Waals surface area contributed by atoms with Crippen molar-refractivity contribution in [3.05, 3.63) is 29.3 Å². The molecule has 2 amide bonds. The van der Waals surface area contributed by atoms with Crippen LogP contribution in [0.15, 0.2) is 18.2 Å². The number of carbonyl (C=O) groups excluding carboxylic acids is 2. The summed E-state index contributed by atoms with van der Waals surface area (Å²) >= 11 is 0. The third-order valence-corrected chi connectivity index (χ3v) is 3.23. The topological polar surface area (TPSA) is 95.5 Å². The van der Waals surface area contributed by atoms with Crippen molar-refractivity contribution in [2.75, 3.05) is 5.32 Å². The molecule has 0 heterocycles. The second-order valence-electron chi connectivity index (χ2n) is 5.81. The molecule has 0 saturated heterocycles. The van der Waals surface area contributed by atoms with Crippen molar-refractivity contribution < 1.29 is 19.5 Å². The van der Waals surface area contributed by atoms with Gasteiger partial charge >= 0.3 is 5.97 Å². The first kappa shape index (κ1) is 18.7. The molecular weight excluding hydrogens is 296 g/mol. The Morgan fingerprint density at radius 3 is 2.39 bits per heavy atom. The maximum atomic E-state index is 12.1. The molecule has 0 aliphatic carbocycles. The van der Waals surface area contributed by atoms with E-state index in [1.807, 2.05) is 20.8 Å². The van der Waals surface area contributed by atoms with E-state index in [1.165, 1.54) is 0 Å². The number of rotatable bonds is 8. The van der Waals surface area contributed by atoms with Crippen molar-refractivity contribution in [3.63, 3.8) is 0 Å². The molecule has 0 unspecified atom stereocenters. The zero-order valence-corrected chi connectivity index (χ0v) is 13.8. The third-order valence-electron chi connectivity index (χ3n) is 3.23. The van der Waals surface area contributed by atoms with E-state index >= 15 is 0 Å². The van der Waals surface area contributed by atoms with Crippen LogP contribution in [0.25, 0.3) is 0 Å². The van der Waals surface area contributed by atoms with E-state index < -0.39 is 5.97 Å². The Morgan fingerprint density at radius 1 is 1.13 bits per heavy atom. The number of aliphatic carboxylic acids is 1. The summed E-state index contributed by atoms with van der Waals surface area (Å²) in [4.78, 5) is 34.4. The maximum Gasteiger partial charge on any atom is 0.303 e. The van der Waals surface area contributed by atoms with E-state index in [-0.39, 0.29) is 30.7 Å². The molecule has 0 fully saturated rings. The van der Waals surface area contributed by atoms with Gasteiger partial charge in [0.1, 0.15) is 0 Å². The summed E-state index contributed by atoms with van der Waals surface area (Å²) in [5.74, 6) is -1.21. The van der Waals surface area contributed by atoms with Crippen LogP contribution < -0.4 is 10.6 Å². The summed E-state index contributed by atoms with van der Waals surface area (Å²) < 4.78 is 0. The molecule has 0 aliphatic rings. The highest BCUT2D eigenvalue weighted by Crippen LogP contribution is 2.16. The average Bonchev–Trinajstić information content (AvgIpc) is 2.44. The Hall–Kier alpha value is -2.37. The predicted octanol–water partition coefficient (Wildman–Crippen LogP) is 2.72. The number of hydrogen-bond acceptors (Lipinski definition) is 3. The van der Waals surface area contributed by atoms with Gasteiger partial charge in [-0.05, 0) is 51.3 Å². The number of carbonyl (C=O) groups is 3. The van der Waals surface area contributed by atoms with Gasteiger partial charge in [0, 0.05) is 30.1 Å². The van der Waals surface area contributed by atoms with Gasteiger partial charge in [-0.1, -0.05) is 6.07 Å². The van der Waals surface area contributed by atoms with E-state index in [2.05, 4.69) is 10.6 Å². The minimum Gasteiger partial charge on any atom is -0.481 e. The number of hydrogen-bond donors (Lipinski definition) is 3. The number of nitrogens with one attached hydrogen (secondary N) is 2. The fourth-order valence-electron chi connectivity index (χ4n) is 2.07. The molecule has 0 aliphatic heterocycles. The average molecular weight is 320 g/mol. The molecule has 0 saturated carbocycles. The smallest absolute Gasteiger partial charge is 0.303 e. The van der Waals surface area contributed by atoms with Gasteiger partial charge in [0.2, 0.25) is 5.91 Å². The van der Waals surface area contributed by atoms with Gasteiger partial charge in [0.05, 0.1) is 0 Å². The third kappa shape index (κ3) is 6.95. The lowest BCUT2D eigenvalue weighted by Crippen LogP contribution is -2.30. The second-order valence-corrected chi connectivity index (χ2v) is 5.81. The summed E-state index contributed by atoms with van der Waals surface area (Å²) in [5, 5.41) is 14.1. The fourth-order valence-corrected chi connectivity index (χ4v) is 2.07. The van der Waals surface area contributed by atoms with Crippen molar-refractivity contribution in [3.8, 4) is 0 Å². The summed E-state index contributed by atoms with van der Waals surface area (Å²) in [6, 6.07) is 5.23. The number of anilines is 1. The summed E-state index contributed by atoms with van der Waals surface area (Å²) in [6.07, 6.45) is 1.31. The normalized spacial score (nSPS) is 10.4. The highest BCUT2D eigenvalue weighted by molar-refractivity contribution is 5.98. The first-order valence-electron chi connectivity index (χ1n) is 7.72. The van der Waals surface area contributed by atoms with Crippen molar-refractivity contribution in [2.45, 2.75) is 52.5 Å². The summed E-state index contributed by atoms with van der Waals surface area (Å²) in [6.45, 7) is 5.61. The van der Waals surface area contributed by atoms with Crippen LogP contribution >= 0.6 is 0 Å². The molecule has 1 aromatic carbocycles. The number of amides is 2. The molecule has 23 heavy (non-hydrogen) atoms. The van der Waals surface area contributed by atoms with Crippen molar-refractivity contribution in [1.82, 2.24) is 5.32 Å². The second kappa shape index (κ2) is 8.92. The van der Waals surface area contributed by atoms with E-state index in [9.17, 15) is 14.4 Å². The first-order chi connectivity index (χ1) is 10.8. The van der Waals surface area contributed by atoms with Gasteiger partial charge in [0.25, 0.3) is 5.91 Å². The van der Waals surface area contributed by atoms with Crippen LogP contribution in [0.2, 0.25) is 0 Å². The van der Waals surface area contributed by atoms with Crippen LogP contribution in [0.3, 0.4) is 0 Å². The lowest BCUT2D eigenvalue weighted by atomic mass is 10.1. The molecule has 0 bridgehead atoms. The molecule has 6 heteroatoms. The van der Waals surface area contributed by atoms with Crippen LogP contribution in [0.4, 0.5) is 5.69 Å². The van der Waals surface area contributed by atoms with Crippen LogP contribution in [0.1, 0.15) is 55.5 Å². The van der Waals surface area contributed by atoms with E-state index in [0.717, 1.165) is 5.56 Å². The molecule has 1 rings (SSSR count). The summed E-state index contributed by atoms with van der Waals surface area (Å²) in [5.41, 5.74) is 1.93. The Balaban J connectivity index is 2.62. The number of unbranched alkanes of at least 4 members (excludes halogenated alkanes) is 1. The highest BCUT2D eigenvalue weighted by atomic mass is 16.4. The molecule has 1 aromatic rings. The number of carboxylic acids is 1. The Bertz CT molecular complexity index is 582. The van der Waals surface area contributed by atoms with Crippen LogP contribution in [-0.2, 0) is 9.59 Å². The van der Waals surface area contributed by atoms with E-state index in [0.29, 0.717) is 24.1 Å². The molecule has 126 valence electrons. The van der Waals surface area contributed by atoms with E-state index in [1.54, 1.807) is 18.2 Å². The van der Waals surface area contributed by atoms with Crippen molar-refractivity contribution in [1.29, 1.82) is 0 Å². The Morgan fingerprint density at radius 2 is 1.78 bits per heavy atom.